The Labute approximate surface area is 270 Å². The van der Waals surface area contributed by atoms with Gasteiger partial charge in [0, 0.05) is 16.2 Å². The minimum absolute atomic E-state index is 0.00961. The Morgan fingerprint density at radius 2 is 1.02 bits per heavy atom. The molecule has 8 aromatic carbocycles. The first kappa shape index (κ1) is 13.5. The molecule has 0 spiro atoms. The molecule has 1 heterocycles. The van der Waals surface area contributed by atoms with E-state index in [2.05, 4.69) is 0 Å². The van der Waals surface area contributed by atoms with Crippen molar-refractivity contribution in [2.24, 2.45) is 0 Å². The van der Waals surface area contributed by atoms with E-state index in [4.69, 9.17) is 20.9 Å². The second kappa shape index (κ2) is 9.44. The van der Waals surface area contributed by atoms with Gasteiger partial charge in [0.2, 0.25) is 0 Å². The largest absolute Gasteiger partial charge is 0.455 e. The SMILES string of the molecule is [2H]c1c([2H])c([2H])c(-c2c([2H])c([2H])c(-c3c4ccccc4c(-c4cccc5oc6c7c([2H])c([2H])c([2H])c([2H])c7c([2H])c([2H])c6c45)c4ccccc34)c([2H])c2[2H])c([2H])c1[2H]. The van der Waals surface area contributed by atoms with E-state index >= 15 is 0 Å². The van der Waals surface area contributed by atoms with E-state index in [1.54, 1.807) is 48.5 Å². The predicted octanol–water partition coefficient (Wildman–Crippen LogP) is 12.0. The number of hydrogen-bond donors (Lipinski definition) is 0. The van der Waals surface area contributed by atoms with Crippen LogP contribution in [0.4, 0.5) is 0 Å². The van der Waals surface area contributed by atoms with Gasteiger partial charge in [0.1, 0.15) is 11.2 Å². The van der Waals surface area contributed by atoms with Crippen LogP contribution in [-0.2, 0) is 0 Å². The summed E-state index contributed by atoms with van der Waals surface area (Å²) < 4.78 is 137. The van der Waals surface area contributed by atoms with Crippen molar-refractivity contribution in [2.75, 3.05) is 0 Å². The standard InChI is InChI=1S/C42H26O/c1-2-11-27(12-3-1)28-21-23-30(24-22-28)39-32-15-6-8-17-34(32)40(35-18-9-7-16-33(35)39)36-19-10-20-38-41(36)37-26-25-29-13-4-5-14-31(29)42(37)43-38/h1-26H/i1D,2D,3D,4D,5D,11D,12D,13D,14D,21D,22D,23D,24D,25D,26D. The van der Waals surface area contributed by atoms with Crippen molar-refractivity contribution < 1.29 is 25.0 Å². The Morgan fingerprint density at radius 1 is 0.419 bits per heavy atom. The third kappa shape index (κ3) is 3.65. The second-order valence-corrected chi connectivity index (χ2v) is 10.1. The van der Waals surface area contributed by atoms with Crippen LogP contribution >= 0.6 is 0 Å². The molecule has 0 saturated heterocycles. The van der Waals surface area contributed by atoms with Gasteiger partial charge in [-0.15, -0.1) is 0 Å². The molecule has 0 unspecified atom stereocenters. The molecule has 1 heteroatoms. The van der Waals surface area contributed by atoms with Gasteiger partial charge in [-0.1, -0.05) is 145 Å². The van der Waals surface area contributed by atoms with Crippen molar-refractivity contribution in [3.05, 3.63) is 157 Å². The quantitative estimate of drug-likeness (QED) is 0.196. The number of hydrogen-bond acceptors (Lipinski definition) is 1. The fourth-order valence-corrected chi connectivity index (χ4v) is 5.98. The zero-order chi connectivity index (χ0) is 41.4. The molecule has 9 aromatic rings. The molecule has 0 amide bonds. The molecule has 0 radical (unpaired) electrons. The average Bonchev–Trinajstić information content (AvgIpc) is 3.62. The first-order valence-electron chi connectivity index (χ1n) is 21.1. The van der Waals surface area contributed by atoms with Crippen molar-refractivity contribution >= 4 is 54.3 Å². The highest BCUT2D eigenvalue weighted by Crippen LogP contribution is 2.47. The summed E-state index contributed by atoms with van der Waals surface area (Å²) in [4.78, 5) is 0. The number of fused-ring (bicyclic) bond motifs is 7. The summed E-state index contributed by atoms with van der Waals surface area (Å²) in [7, 11) is 0. The first-order valence-corrected chi connectivity index (χ1v) is 13.6. The minimum atomic E-state index is -0.668. The summed E-state index contributed by atoms with van der Waals surface area (Å²) in [5, 5.41) is 2.78. The fraction of sp³-hybridized carbons (Fsp3) is 0. The molecule has 43 heavy (non-hydrogen) atoms. The molecule has 0 atom stereocenters. The van der Waals surface area contributed by atoms with Crippen molar-refractivity contribution in [3.8, 4) is 33.4 Å². The average molecular weight is 562 g/mol. The van der Waals surface area contributed by atoms with Gasteiger partial charge in [0.05, 0.1) is 20.6 Å². The van der Waals surface area contributed by atoms with E-state index in [1.807, 2.05) is 18.2 Å². The van der Waals surface area contributed by atoms with Crippen LogP contribution in [0.1, 0.15) is 20.6 Å². The van der Waals surface area contributed by atoms with Gasteiger partial charge in [-0.05, 0) is 72.4 Å². The van der Waals surface area contributed by atoms with Crippen molar-refractivity contribution in [3.63, 3.8) is 0 Å². The molecule has 0 aliphatic heterocycles. The molecule has 0 bridgehead atoms. The van der Waals surface area contributed by atoms with Crippen LogP contribution in [0.15, 0.2) is 162 Å². The topological polar surface area (TPSA) is 13.1 Å². The minimum Gasteiger partial charge on any atom is -0.455 e. The molecule has 0 N–H and O–H groups in total. The van der Waals surface area contributed by atoms with Crippen LogP contribution in [0.3, 0.4) is 0 Å². The molecule has 9 rings (SSSR count). The Kier molecular flexibility index (Phi) is 2.97. The van der Waals surface area contributed by atoms with Crippen molar-refractivity contribution in [2.45, 2.75) is 0 Å². The lowest BCUT2D eigenvalue weighted by molar-refractivity contribution is 0.673. The highest BCUT2D eigenvalue weighted by atomic mass is 16.3. The third-order valence-corrected chi connectivity index (χ3v) is 7.77. The normalized spacial score (nSPS) is 16.6. The van der Waals surface area contributed by atoms with Gasteiger partial charge in [0.25, 0.3) is 0 Å². The van der Waals surface area contributed by atoms with E-state index in [0.717, 1.165) is 0 Å². The van der Waals surface area contributed by atoms with Gasteiger partial charge >= 0.3 is 0 Å². The Morgan fingerprint density at radius 3 is 1.74 bits per heavy atom. The Bertz CT molecular complexity index is 3240. The molecular weight excluding hydrogens is 520 g/mol. The summed E-state index contributed by atoms with van der Waals surface area (Å²) in [5.41, 5.74) is 1.00. The van der Waals surface area contributed by atoms with E-state index in [1.165, 1.54) is 0 Å². The smallest absolute Gasteiger partial charge is 0.143 e. The van der Waals surface area contributed by atoms with Gasteiger partial charge in [-0.2, -0.15) is 0 Å². The second-order valence-electron chi connectivity index (χ2n) is 10.1. The zero-order valence-electron chi connectivity index (χ0n) is 37.3. The zero-order valence-corrected chi connectivity index (χ0v) is 22.3. The monoisotopic (exact) mass is 561 g/mol. The van der Waals surface area contributed by atoms with Crippen LogP contribution < -0.4 is 0 Å². The lowest BCUT2D eigenvalue weighted by atomic mass is 9.84. The predicted molar refractivity (Wildman–Crippen MR) is 183 cm³/mol. The molecule has 200 valence electrons. The van der Waals surface area contributed by atoms with E-state index in [9.17, 15) is 4.11 Å². The Balaban J connectivity index is 1.41. The molecule has 1 aromatic heterocycles. The Hall–Kier alpha value is -5.66. The maximum Gasteiger partial charge on any atom is 0.143 e. The third-order valence-electron chi connectivity index (χ3n) is 7.77. The highest BCUT2D eigenvalue weighted by Gasteiger charge is 2.20. The maximum absolute atomic E-state index is 9.32. The van der Waals surface area contributed by atoms with E-state index in [-0.39, 0.29) is 39.4 Å². The van der Waals surface area contributed by atoms with Crippen LogP contribution in [0.5, 0.6) is 0 Å². The molecule has 0 aliphatic rings. The summed E-state index contributed by atoms with van der Waals surface area (Å²) >= 11 is 0. The molecule has 1 nitrogen and oxygen atoms in total. The van der Waals surface area contributed by atoms with Gasteiger partial charge in [-0.3, -0.25) is 0 Å². The molecule has 0 aliphatic carbocycles. The lowest BCUT2D eigenvalue weighted by Gasteiger charge is -2.18. The van der Waals surface area contributed by atoms with E-state index < -0.39 is 89.7 Å². The fourth-order valence-electron chi connectivity index (χ4n) is 5.98. The lowest BCUT2D eigenvalue weighted by Crippen LogP contribution is -1.91. The highest BCUT2D eigenvalue weighted by molar-refractivity contribution is 6.27. The molecular formula is C42H26O. The van der Waals surface area contributed by atoms with Crippen LogP contribution in [-0.4, -0.2) is 0 Å². The summed E-state index contributed by atoms with van der Waals surface area (Å²) in [6, 6.07) is 11.7. The van der Waals surface area contributed by atoms with Crippen LogP contribution in [0, 0.1) is 0 Å². The van der Waals surface area contributed by atoms with Gasteiger partial charge < -0.3 is 4.42 Å². The van der Waals surface area contributed by atoms with Crippen molar-refractivity contribution in [1.82, 2.24) is 0 Å². The number of benzene rings is 8. The summed E-state index contributed by atoms with van der Waals surface area (Å²) in [6.07, 6.45) is 0. The van der Waals surface area contributed by atoms with Gasteiger partial charge in [0.15, 0.2) is 0 Å². The number of rotatable bonds is 3. The first-order chi connectivity index (χ1) is 27.6. The number of furan rings is 1. The van der Waals surface area contributed by atoms with E-state index in [0.29, 0.717) is 49.2 Å². The van der Waals surface area contributed by atoms with Crippen molar-refractivity contribution in [1.29, 1.82) is 0 Å². The van der Waals surface area contributed by atoms with Crippen LogP contribution in [0.25, 0.3) is 87.6 Å². The molecule has 0 saturated carbocycles. The maximum atomic E-state index is 9.32. The summed E-state index contributed by atoms with van der Waals surface area (Å²) in [5.74, 6) is 0. The van der Waals surface area contributed by atoms with Crippen LogP contribution in [0.2, 0.25) is 0 Å². The summed E-state index contributed by atoms with van der Waals surface area (Å²) in [6.45, 7) is 0. The molecule has 0 fully saturated rings. The van der Waals surface area contributed by atoms with Gasteiger partial charge in [-0.25, -0.2) is 0 Å².